The van der Waals surface area contributed by atoms with E-state index in [4.69, 9.17) is 10.5 Å². The predicted molar refractivity (Wildman–Crippen MR) is 123 cm³/mol. The van der Waals surface area contributed by atoms with E-state index in [-0.39, 0.29) is 10.5 Å². The van der Waals surface area contributed by atoms with Crippen LogP contribution in [0.4, 0.5) is 5.69 Å². The van der Waals surface area contributed by atoms with Gasteiger partial charge >= 0.3 is 0 Å². The molecule has 170 valence electrons. The molecule has 0 radical (unpaired) electrons. The Balaban J connectivity index is 1.40. The Hall–Kier alpha value is -2.95. The molecule has 32 heavy (non-hydrogen) atoms. The maximum Gasteiger partial charge on any atom is 0.261 e. The molecule has 1 fully saturated rings. The highest BCUT2D eigenvalue weighted by Gasteiger charge is 2.28. The number of ether oxygens (including phenoxy) is 1. The van der Waals surface area contributed by atoms with Crippen molar-refractivity contribution in [3.8, 4) is 5.75 Å². The summed E-state index contributed by atoms with van der Waals surface area (Å²) < 4.78 is 34.0. The quantitative estimate of drug-likeness (QED) is 0.551. The molecule has 1 saturated heterocycles. The van der Waals surface area contributed by atoms with Crippen LogP contribution in [0.15, 0.2) is 52.2 Å². The van der Waals surface area contributed by atoms with Crippen molar-refractivity contribution in [2.45, 2.75) is 11.3 Å². The van der Waals surface area contributed by atoms with Gasteiger partial charge in [-0.15, -0.1) is 0 Å². The molecule has 2 aromatic carbocycles. The summed E-state index contributed by atoms with van der Waals surface area (Å²) in [6.07, 6.45) is 0.595. The third kappa shape index (κ3) is 4.34. The Morgan fingerprint density at radius 3 is 2.41 bits per heavy atom. The fourth-order valence-electron chi connectivity index (χ4n) is 3.91. The van der Waals surface area contributed by atoms with Gasteiger partial charge in [0.1, 0.15) is 11.6 Å². The van der Waals surface area contributed by atoms with E-state index in [1.807, 2.05) is 0 Å². The van der Waals surface area contributed by atoms with Gasteiger partial charge in [-0.25, -0.2) is 13.4 Å². The number of methoxy groups -OCH3 is 1. The largest absolute Gasteiger partial charge is 0.497 e. The Kier molecular flexibility index (Phi) is 6.18. The minimum atomic E-state index is -3.53. The molecule has 0 atom stereocenters. The lowest BCUT2D eigenvalue weighted by molar-refractivity contribution is 0.189. The number of sulfonamides is 1. The molecular formula is C22H27N5O4S. The second-order valence-electron chi connectivity index (χ2n) is 7.84. The van der Waals surface area contributed by atoms with Gasteiger partial charge in [-0.05, 0) is 42.5 Å². The molecule has 0 spiro atoms. The zero-order chi connectivity index (χ0) is 22.9. The Bertz CT molecular complexity index is 1280. The molecule has 1 aromatic heterocycles. The molecule has 9 nitrogen and oxygen atoms in total. The second kappa shape index (κ2) is 8.89. The first-order valence-electron chi connectivity index (χ1n) is 10.4. The number of nitrogens with zero attached hydrogens (tertiary/aromatic N) is 4. The lowest BCUT2D eigenvalue weighted by Crippen LogP contribution is -2.49. The van der Waals surface area contributed by atoms with Crippen molar-refractivity contribution in [1.29, 1.82) is 0 Å². The van der Waals surface area contributed by atoms with Gasteiger partial charge in [-0.3, -0.25) is 9.36 Å². The summed E-state index contributed by atoms with van der Waals surface area (Å²) in [5.41, 5.74) is 6.84. The van der Waals surface area contributed by atoms with Crippen LogP contribution < -0.4 is 16.0 Å². The number of piperazine rings is 1. The van der Waals surface area contributed by atoms with E-state index in [2.05, 4.69) is 9.88 Å². The maximum atomic E-state index is 12.9. The lowest BCUT2D eigenvalue weighted by atomic mass is 10.2. The highest BCUT2D eigenvalue weighted by molar-refractivity contribution is 7.89. The average molecular weight is 458 g/mol. The van der Waals surface area contributed by atoms with Crippen molar-refractivity contribution >= 4 is 26.6 Å². The smallest absolute Gasteiger partial charge is 0.261 e. The molecule has 3 aromatic rings. The van der Waals surface area contributed by atoms with E-state index >= 15 is 0 Å². The van der Waals surface area contributed by atoms with Crippen LogP contribution in [0, 0.1) is 0 Å². The molecule has 2 N–H and O–H groups in total. The second-order valence-corrected chi connectivity index (χ2v) is 9.78. The summed E-state index contributed by atoms with van der Waals surface area (Å²) in [7, 11) is -0.274. The van der Waals surface area contributed by atoms with Crippen molar-refractivity contribution < 1.29 is 13.2 Å². The first-order valence-corrected chi connectivity index (χ1v) is 11.9. The van der Waals surface area contributed by atoms with Crippen LogP contribution in [-0.4, -0.2) is 67.0 Å². The van der Waals surface area contributed by atoms with E-state index in [0.29, 0.717) is 67.3 Å². The molecule has 2 heterocycles. The number of anilines is 1. The molecule has 0 amide bonds. The van der Waals surface area contributed by atoms with Gasteiger partial charge in [-0.1, -0.05) is 0 Å². The Labute approximate surface area is 187 Å². The third-order valence-corrected chi connectivity index (χ3v) is 7.79. The molecule has 0 unspecified atom stereocenters. The summed E-state index contributed by atoms with van der Waals surface area (Å²) in [5.74, 6) is 1.31. The first-order chi connectivity index (χ1) is 15.3. The Morgan fingerprint density at radius 1 is 1.06 bits per heavy atom. The van der Waals surface area contributed by atoms with E-state index in [1.165, 1.54) is 4.31 Å². The standard InChI is InChI=1S/C22H27N5O4S/c1-25-21(24-20-8-3-16(23)15-19(20)22(25)28)9-10-26-11-13-27(14-12-26)32(29,30)18-6-4-17(31-2)5-7-18/h3-8,15H,9-14,23H2,1-2H3. The summed E-state index contributed by atoms with van der Waals surface area (Å²) in [5, 5.41) is 0.508. The van der Waals surface area contributed by atoms with Crippen LogP contribution in [0.25, 0.3) is 10.9 Å². The number of hydrogen-bond acceptors (Lipinski definition) is 7. The number of fused-ring (bicyclic) bond motifs is 1. The van der Waals surface area contributed by atoms with Gasteiger partial charge in [0.05, 0.1) is 22.9 Å². The number of rotatable bonds is 6. The van der Waals surface area contributed by atoms with Crippen LogP contribution in [0.1, 0.15) is 5.82 Å². The van der Waals surface area contributed by atoms with Gasteiger partial charge in [0, 0.05) is 51.9 Å². The van der Waals surface area contributed by atoms with Crippen molar-refractivity contribution in [2.75, 3.05) is 45.6 Å². The average Bonchev–Trinajstić information content (AvgIpc) is 2.81. The van der Waals surface area contributed by atoms with Crippen LogP contribution in [0.2, 0.25) is 0 Å². The molecular weight excluding hydrogens is 430 g/mol. The van der Waals surface area contributed by atoms with E-state index in [1.54, 1.807) is 61.2 Å². The topological polar surface area (TPSA) is 111 Å². The van der Waals surface area contributed by atoms with Gasteiger partial charge in [0.15, 0.2) is 0 Å². The third-order valence-electron chi connectivity index (χ3n) is 5.87. The monoisotopic (exact) mass is 457 g/mol. The van der Waals surface area contributed by atoms with Gasteiger partial charge < -0.3 is 15.4 Å². The number of benzene rings is 2. The van der Waals surface area contributed by atoms with Crippen LogP contribution in [-0.2, 0) is 23.5 Å². The molecule has 0 aliphatic carbocycles. The van der Waals surface area contributed by atoms with Crippen LogP contribution >= 0.6 is 0 Å². The SMILES string of the molecule is COc1ccc(S(=O)(=O)N2CCN(CCc3nc4ccc(N)cc4c(=O)n3C)CC2)cc1. The zero-order valence-corrected chi connectivity index (χ0v) is 19.0. The van der Waals surface area contributed by atoms with Crippen molar-refractivity contribution in [3.63, 3.8) is 0 Å². The maximum absolute atomic E-state index is 12.9. The molecule has 0 bridgehead atoms. The molecule has 1 aliphatic rings. The lowest BCUT2D eigenvalue weighted by Gasteiger charge is -2.34. The number of nitrogens with two attached hydrogens (primary N) is 1. The summed E-state index contributed by atoms with van der Waals surface area (Å²) >= 11 is 0. The fourth-order valence-corrected chi connectivity index (χ4v) is 5.33. The molecule has 1 aliphatic heterocycles. The summed E-state index contributed by atoms with van der Waals surface area (Å²) in [4.78, 5) is 19.7. The Morgan fingerprint density at radius 2 is 1.75 bits per heavy atom. The highest BCUT2D eigenvalue weighted by atomic mass is 32.2. The van der Waals surface area contributed by atoms with Gasteiger partial charge in [-0.2, -0.15) is 4.31 Å². The summed E-state index contributed by atoms with van der Waals surface area (Å²) in [6, 6.07) is 11.6. The molecule has 10 heteroatoms. The number of aromatic nitrogens is 2. The normalized spacial score (nSPS) is 15.8. The van der Waals surface area contributed by atoms with E-state index < -0.39 is 10.0 Å². The van der Waals surface area contributed by atoms with Crippen molar-refractivity contribution in [2.24, 2.45) is 7.05 Å². The highest BCUT2D eigenvalue weighted by Crippen LogP contribution is 2.21. The molecule has 4 rings (SSSR count). The van der Waals surface area contributed by atoms with E-state index in [0.717, 1.165) is 0 Å². The van der Waals surface area contributed by atoms with Crippen molar-refractivity contribution in [3.05, 3.63) is 58.6 Å². The van der Waals surface area contributed by atoms with Crippen LogP contribution in [0.3, 0.4) is 0 Å². The molecule has 0 saturated carbocycles. The minimum Gasteiger partial charge on any atom is -0.497 e. The van der Waals surface area contributed by atoms with Gasteiger partial charge in [0.25, 0.3) is 5.56 Å². The first kappa shape index (κ1) is 22.3. The van der Waals surface area contributed by atoms with Crippen molar-refractivity contribution in [1.82, 2.24) is 18.8 Å². The van der Waals surface area contributed by atoms with Crippen LogP contribution in [0.5, 0.6) is 5.75 Å². The number of hydrogen-bond donors (Lipinski definition) is 1. The fraction of sp³-hybridized carbons (Fsp3) is 0.364. The van der Waals surface area contributed by atoms with E-state index in [9.17, 15) is 13.2 Å². The minimum absolute atomic E-state index is 0.118. The number of nitrogen functional groups attached to an aromatic ring is 1. The summed E-state index contributed by atoms with van der Waals surface area (Å²) in [6.45, 7) is 2.76. The predicted octanol–water partition coefficient (Wildman–Crippen LogP) is 1.07. The van der Waals surface area contributed by atoms with Gasteiger partial charge in [0.2, 0.25) is 10.0 Å². The zero-order valence-electron chi connectivity index (χ0n) is 18.2.